The Bertz CT molecular complexity index is 170. The second kappa shape index (κ2) is 13.5. The monoisotopic (exact) mass is 290 g/mol. The Morgan fingerprint density at radius 2 is 2.08 bits per heavy atom. The Morgan fingerprint density at radius 1 is 1.67 bits per heavy atom. The van der Waals surface area contributed by atoms with Crippen molar-refractivity contribution in [1.29, 1.82) is 0 Å². The van der Waals surface area contributed by atoms with Crippen LogP contribution in [0.4, 0.5) is 0 Å². The molecule has 0 amide bonds. The Balaban J connectivity index is 0. The van der Waals surface area contributed by atoms with E-state index in [-0.39, 0.29) is 4.32 Å². The van der Waals surface area contributed by atoms with Crippen LogP contribution in [0, 0.1) is 0 Å². The van der Waals surface area contributed by atoms with Crippen molar-refractivity contribution in [3.8, 4) is 0 Å². The predicted octanol–water partition coefficient (Wildman–Crippen LogP) is 0.814. The van der Waals surface area contributed by atoms with Gasteiger partial charge in [0.25, 0.3) is 0 Å². The van der Waals surface area contributed by atoms with Gasteiger partial charge in [-0.3, -0.25) is 0 Å². The van der Waals surface area contributed by atoms with E-state index in [0.717, 1.165) is 13.0 Å². The Labute approximate surface area is 90.5 Å². The molecule has 1 aliphatic rings. The van der Waals surface area contributed by atoms with Gasteiger partial charge in [-0.1, -0.05) is 10.7 Å². The van der Waals surface area contributed by atoms with E-state index in [0.29, 0.717) is 0 Å². The average molecular weight is 288 g/mol. The summed E-state index contributed by atoms with van der Waals surface area (Å²) >= 11 is 6.23. The van der Waals surface area contributed by atoms with Crippen LogP contribution in [-0.2, 0) is 37.9 Å². The molecule has 0 saturated heterocycles. The molecule has 0 atom stereocenters. The van der Waals surface area contributed by atoms with Gasteiger partial charge in [0.2, 0.25) is 0 Å². The standard InChI is InChI=1S/C4H6N.CH3NS2.Mo.2O/c1-2-4-5-3-1;2-1(3)4;;;/h1,3H,2,4H2;(H3,2,3,4);;;/q-1;;+2;;/p-1. The fourth-order valence-corrected chi connectivity index (χ4v) is 0.373. The van der Waals surface area contributed by atoms with E-state index in [4.69, 9.17) is 6.80 Å². The number of nitrogens with two attached hydrogens (primary N) is 1. The molecule has 4 nitrogen and oxygen atoms in total. The third kappa shape index (κ3) is 32.6. The van der Waals surface area contributed by atoms with Crippen molar-refractivity contribution in [1.82, 2.24) is 0 Å². The molecular formula is C5H8MoN2O2S2. The molecule has 1 rings (SSSR count). The number of hydrogen-bond acceptors (Lipinski definition) is 4. The van der Waals surface area contributed by atoms with Crippen molar-refractivity contribution in [2.24, 2.45) is 5.73 Å². The van der Waals surface area contributed by atoms with Crippen molar-refractivity contribution in [3.63, 3.8) is 0 Å². The maximum atomic E-state index is 8.50. The fraction of sp³-hybridized carbons (Fsp3) is 0.400. The Kier molecular flexibility index (Phi) is 16.3. The van der Waals surface area contributed by atoms with Gasteiger partial charge in [0.15, 0.2) is 0 Å². The van der Waals surface area contributed by atoms with Crippen molar-refractivity contribution in [3.05, 3.63) is 17.6 Å². The summed E-state index contributed by atoms with van der Waals surface area (Å²) in [6, 6.07) is 0. The van der Waals surface area contributed by atoms with Crippen molar-refractivity contribution < 1.29 is 25.3 Å². The second-order valence-electron chi connectivity index (χ2n) is 1.47. The van der Waals surface area contributed by atoms with Crippen molar-refractivity contribution in [2.45, 2.75) is 6.42 Å². The zero-order valence-electron chi connectivity index (χ0n) is 6.13. The molecule has 0 saturated carbocycles. The predicted molar refractivity (Wildman–Crippen MR) is 47.5 cm³/mol. The molecule has 0 spiro atoms. The van der Waals surface area contributed by atoms with Crippen molar-refractivity contribution >= 4 is 29.2 Å². The molecule has 12 heavy (non-hydrogen) atoms. The average Bonchev–Trinajstić information content (AvgIpc) is 2.40. The number of nitrogens with zero attached hydrogens (tertiary/aromatic N) is 1. The maximum absolute atomic E-state index is 8.50. The van der Waals surface area contributed by atoms with Crippen LogP contribution < -0.4 is 5.73 Å². The van der Waals surface area contributed by atoms with Gasteiger partial charge in [-0.15, -0.1) is 12.6 Å². The van der Waals surface area contributed by atoms with E-state index in [1.54, 1.807) is 0 Å². The molecule has 0 radical (unpaired) electrons. The molecule has 7 heteroatoms. The SMILES string of the molecule is C1=C[N-]CC1.NC(=S)[S-].[O]=[Mo+2]=[O]. The molecule has 0 fully saturated rings. The van der Waals surface area contributed by atoms with E-state index >= 15 is 0 Å². The molecular weight excluding hydrogens is 280 g/mol. The number of hydrogen-bond donors (Lipinski definition) is 1. The molecule has 1 heterocycles. The molecule has 0 aromatic heterocycles. The zero-order valence-corrected chi connectivity index (χ0v) is 9.77. The fourth-order valence-electron chi connectivity index (χ4n) is 0.373. The summed E-state index contributed by atoms with van der Waals surface area (Å²) < 4.78 is 17.1. The molecule has 0 aliphatic carbocycles. The normalized spacial score (nSPS) is 10.7. The first kappa shape index (κ1) is 14.5. The molecule has 0 aromatic rings. The van der Waals surface area contributed by atoms with Gasteiger partial charge in [-0.05, 0) is 0 Å². The van der Waals surface area contributed by atoms with Gasteiger partial charge in [0.05, 0.1) is 0 Å². The summed E-state index contributed by atoms with van der Waals surface area (Å²) in [5.41, 5.74) is 4.66. The van der Waals surface area contributed by atoms with E-state index in [2.05, 4.69) is 42.0 Å². The summed E-state index contributed by atoms with van der Waals surface area (Å²) in [7, 11) is 0. The van der Waals surface area contributed by atoms with E-state index in [1.165, 1.54) is 0 Å². The van der Waals surface area contributed by atoms with Gasteiger partial charge in [-0.2, -0.15) is 6.20 Å². The van der Waals surface area contributed by atoms with Crippen LogP contribution in [-0.4, -0.2) is 10.9 Å². The zero-order chi connectivity index (χ0) is 9.82. The first-order valence-corrected chi connectivity index (χ1v) is 5.30. The number of thiocarbonyl (C=S) groups is 1. The third-order valence-corrected chi connectivity index (χ3v) is 0.636. The molecule has 2 N–H and O–H groups in total. The quantitative estimate of drug-likeness (QED) is 0.406. The summed E-state index contributed by atoms with van der Waals surface area (Å²) in [4.78, 5) is 0. The van der Waals surface area contributed by atoms with Crippen LogP contribution in [0.2, 0.25) is 0 Å². The molecule has 0 unspecified atom stereocenters. The summed E-state index contributed by atoms with van der Waals surface area (Å²) in [5.74, 6) is 0. The van der Waals surface area contributed by atoms with Crippen LogP contribution in [0.15, 0.2) is 12.3 Å². The van der Waals surface area contributed by atoms with Crippen LogP contribution in [0.3, 0.4) is 0 Å². The summed E-state index contributed by atoms with van der Waals surface area (Å²) in [6.45, 7) is 1.01. The second-order valence-corrected chi connectivity index (χ2v) is 2.94. The third-order valence-electron chi connectivity index (χ3n) is 0.636. The molecule has 68 valence electrons. The molecule has 1 aliphatic heterocycles. The topological polar surface area (TPSA) is 74.3 Å². The van der Waals surface area contributed by atoms with Crippen LogP contribution in [0.5, 0.6) is 0 Å². The Hall–Kier alpha value is -0.0617. The number of rotatable bonds is 0. The minimum absolute atomic E-state index is 0.0833. The van der Waals surface area contributed by atoms with E-state index in [9.17, 15) is 0 Å². The first-order chi connectivity index (χ1) is 5.65. The van der Waals surface area contributed by atoms with Gasteiger partial charge >= 0.3 is 25.3 Å². The van der Waals surface area contributed by atoms with Crippen LogP contribution in [0.1, 0.15) is 6.42 Å². The van der Waals surface area contributed by atoms with Gasteiger partial charge in [0, 0.05) is 0 Å². The van der Waals surface area contributed by atoms with E-state index < -0.39 is 18.5 Å². The van der Waals surface area contributed by atoms with Crippen molar-refractivity contribution in [2.75, 3.05) is 6.54 Å². The van der Waals surface area contributed by atoms with Crippen LogP contribution >= 0.6 is 12.2 Å². The van der Waals surface area contributed by atoms with Gasteiger partial charge < -0.3 is 35.9 Å². The van der Waals surface area contributed by atoms with Gasteiger partial charge in [0.1, 0.15) is 0 Å². The van der Waals surface area contributed by atoms with E-state index in [1.807, 2.05) is 6.20 Å². The summed E-state index contributed by atoms with van der Waals surface area (Å²) in [6.07, 6.45) is 5.08. The minimum atomic E-state index is -2.03. The first-order valence-electron chi connectivity index (χ1n) is 2.85. The van der Waals surface area contributed by atoms with Gasteiger partial charge in [-0.25, -0.2) is 0 Å². The Morgan fingerprint density at radius 3 is 2.17 bits per heavy atom. The van der Waals surface area contributed by atoms with Crippen LogP contribution in [0.25, 0.3) is 5.32 Å². The molecule has 0 aromatic carbocycles. The molecule has 0 bridgehead atoms. The summed E-state index contributed by atoms with van der Waals surface area (Å²) in [5, 5.41) is 3.90.